The quantitative estimate of drug-likeness (QED) is 0.281. The van der Waals surface area contributed by atoms with Crippen LogP contribution < -0.4 is 0 Å². The van der Waals surface area contributed by atoms with E-state index in [4.69, 9.17) is 0 Å². The average Bonchev–Trinajstić information content (AvgIpc) is 3.40. The smallest absolute Gasteiger partial charge is 0.407 e. The van der Waals surface area contributed by atoms with Crippen molar-refractivity contribution in [1.29, 1.82) is 0 Å². The molecule has 2 aromatic carbocycles. The summed E-state index contributed by atoms with van der Waals surface area (Å²) in [6.45, 7) is 3.49. The fourth-order valence-electron chi connectivity index (χ4n) is 4.12. The van der Waals surface area contributed by atoms with Crippen molar-refractivity contribution in [3.05, 3.63) is 87.2 Å². The molecule has 0 unspecified atom stereocenters. The summed E-state index contributed by atoms with van der Waals surface area (Å²) in [5, 5.41) is 24.4. The molecule has 10 nitrogen and oxygen atoms in total. The van der Waals surface area contributed by atoms with E-state index in [1.807, 2.05) is 44.2 Å². The number of thiazole rings is 1. The van der Waals surface area contributed by atoms with E-state index in [2.05, 4.69) is 10.2 Å². The molecule has 2 atom stereocenters. The summed E-state index contributed by atoms with van der Waals surface area (Å²) in [7, 11) is -4.03. The van der Waals surface area contributed by atoms with Gasteiger partial charge >= 0.3 is 6.09 Å². The van der Waals surface area contributed by atoms with E-state index in [0.717, 1.165) is 10.5 Å². The summed E-state index contributed by atoms with van der Waals surface area (Å²) in [6, 6.07) is 14.1. The summed E-state index contributed by atoms with van der Waals surface area (Å²) >= 11 is 1.30. The number of carbonyl (C=O) groups is 1. The van der Waals surface area contributed by atoms with Crippen molar-refractivity contribution in [1.82, 2.24) is 14.2 Å². The van der Waals surface area contributed by atoms with Gasteiger partial charge in [0.1, 0.15) is 6.54 Å². The lowest BCUT2D eigenvalue weighted by atomic mass is 9.99. The van der Waals surface area contributed by atoms with Gasteiger partial charge in [0.2, 0.25) is 10.0 Å². The first kappa shape index (κ1) is 29.4. The first-order valence-electron chi connectivity index (χ1n) is 12.1. The minimum Gasteiger partial charge on any atom is -0.465 e. The topological polar surface area (TPSA) is 140 Å². The maximum Gasteiger partial charge on any atom is 0.407 e. The summed E-state index contributed by atoms with van der Waals surface area (Å²) in [5.74, 6) is -0.0594. The van der Waals surface area contributed by atoms with Crippen molar-refractivity contribution < 1.29 is 23.4 Å². The Labute approximate surface area is 226 Å². The van der Waals surface area contributed by atoms with Gasteiger partial charge in [0.05, 0.1) is 29.1 Å². The number of aromatic nitrogens is 1. The molecule has 1 aromatic heterocycles. The molecule has 0 aliphatic heterocycles. The highest BCUT2D eigenvalue weighted by atomic mass is 32.2. The molecular weight excluding hydrogens is 528 g/mol. The predicted molar refractivity (Wildman–Crippen MR) is 145 cm³/mol. The maximum absolute atomic E-state index is 13.6. The normalized spacial score (nSPS) is 13.4. The van der Waals surface area contributed by atoms with Crippen molar-refractivity contribution in [2.24, 2.45) is 11.1 Å². The Morgan fingerprint density at radius 1 is 1.05 bits per heavy atom. The number of amides is 1. The zero-order chi connectivity index (χ0) is 27.7. The molecule has 3 aromatic rings. The van der Waals surface area contributed by atoms with Gasteiger partial charge in [0.15, 0.2) is 0 Å². The van der Waals surface area contributed by atoms with Crippen molar-refractivity contribution in [3.63, 3.8) is 0 Å². The first-order valence-corrected chi connectivity index (χ1v) is 14.4. The monoisotopic (exact) mass is 560 g/mol. The van der Waals surface area contributed by atoms with E-state index in [-0.39, 0.29) is 43.4 Å². The second-order valence-corrected chi connectivity index (χ2v) is 12.3. The van der Waals surface area contributed by atoms with Crippen molar-refractivity contribution in [2.45, 2.75) is 50.4 Å². The fourth-order valence-corrected chi connectivity index (χ4v) is 6.34. The molecule has 12 heteroatoms. The number of benzene rings is 2. The van der Waals surface area contributed by atoms with E-state index < -0.39 is 28.3 Å². The standard InChI is InChI=1S/C26H32N4O6S2/c1-19(2)15-29(38(35,36)23-10-8-21(9-11-23)13-28-34)17-25(31)24(12-20-6-4-3-5-7-20)30(26(32)33)16-22-14-27-18-37-22/h3-11,14,18-19,24-25,31H,12-13,15-17H2,1-2H3,(H,32,33)/t24-,25+/m0/s1. The predicted octanol–water partition coefficient (Wildman–Crippen LogP) is 4.21. The molecule has 0 saturated heterocycles. The zero-order valence-corrected chi connectivity index (χ0v) is 22.9. The van der Waals surface area contributed by atoms with Crippen LogP contribution in [0.1, 0.15) is 29.9 Å². The van der Waals surface area contributed by atoms with Crippen LogP contribution in [-0.2, 0) is 29.5 Å². The minimum absolute atomic E-state index is 0.0116. The Morgan fingerprint density at radius 2 is 1.74 bits per heavy atom. The Kier molecular flexibility index (Phi) is 10.5. The number of sulfonamides is 1. The molecule has 2 N–H and O–H groups in total. The van der Waals surface area contributed by atoms with Crippen LogP contribution in [0.3, 0.4) is 0 Å². The van der Waals surface area contributed by atoms with E-state index in [1.165, 1.54) is 39.9 Å². The van der Waals surface area contributed by atoms with Crippen LogP contribution in [0.2, 0.25) is 0 Å². The Bertz CT molecular complexity index is 1270. The molecule has 0 fully saturated rings. The highest BCUT2D eigenvalue weighted by molar-refractivity contribution is 7.89. The summed E-state index contributed by atoms with van der Waals surface area (Å²) in [5.41, 5.74) is 2.99. The van der Waals surface area contributed by atoms with Crippen LogP contribution in [-0.4, -0.2) is 64.1 Å². The van der Waals surface area contributed by atoms with Gasteiger partial charge in [0, 0.05) is 24.2 Å². The van der Waals surface area contributed by atoms with Gasteiger partial charge in [0.25, 0.3) is 0 Å². The van der Waals surface area contributed by atoms with Crippen LogP contribution in [0.5, 0.6) is 0 Å². The lowest BCUT2D eigenvalue weighted by molar-refractivity contribution is 0.0341. The zero-order valence-electron chi connectivity index (χ0n) is 21.3. The third-order valence-corrected chi connectivity index (χ3v) is 8.57. The van der Waals surface area contributed by atoms with E-state index in [9.17, 15) is 28.3 Å². The number of carboxylic acid groups (broad SMARTS) is 1. The molecule has 3 rings (SSSR count). The van der Waals surface area contributed by atoms with E-state index in [1.54, 1.807) is 11.7 Å². The molecule has 0 saturated carbocycles. The van der Waals surface area contributed by atoms with E-state index >= 15 is 0 Å². The van der Waals surface area contributed by atoms with E-state index in [0.29, 0.717) is 10.4 Å². The number of nitrogens with zero attached hydrogens (tertiary/aromatic N) is 4. The first-order chi connectivity index (χ1) is 18.1. The molecule has 38 heavy (non-hydrogen) atoms. The Balaban J connectivity index is 1.94. The summed E-state index contributed by atoms with van der Waals surface area (Å²) in [6.07, 6.45) is -0.788. The van der Waals surface area contributed by atoms with Gasteiger partial charge < -0.3 is 10.2 Å². The lowest BCUT2D eigenvalue weighted by Crippen LogP contribution is -2.52. The van der Waals surface area contributed by atoms with Gasteiger partial charge in [-0.2, -0.15) is 9.21 Å². The average molecular weight is 561 g/mol. The Hall–Kier alpha value is -3.19. The van der Waals surface area contributed by atoms with Gasteiger partial charge in [-0.3, -0.25) is 9.88 Å². The van der Waals surface area contributed by atoms with Crippen molar-refractivity contribution in [3.8, 4) is 0 Å². The largest absolute Gasteiger partial charge is 0.465 e. The number of hydrogen-bond donors (Lipinski definition) is 2. The fraction of sp³-hybridized carbons (Fsp3) is 0.385. The Morgan fingerprint density at radius 3 is 2.29 bits per heavy atom. The molecule has 0 bridgehead atoms. The molecule has 0 aliphatic carbocycles. The van der Waals surface area contributed by atoms with Crippen LogP contribution in [0.15, 0.2) is 76.4 Å². The van der Waals surface area contributed by atoms with Crippen LogP contribution in [0.4, 0.5) is 4.79 Å². The van der Waals surface area contributed by atoms with Crippen LogP contribution >= 0.6 is 11.3 Å². The number of hydrogen-bond acceptors (Lipinski definition) is 8. The van der Waals surface area contributed by atoms with Crippen LogP contribution in [0.25, 0.3) is 0 Å². The summed E-state index contributed by atoms with van der Waals surface area (Å²) < 4.78 is 28.4. The number of nitroso groups, excluding NO2 is 1. The SMILES string of the molecule is CC(C)CN(C[C@@H](O)[C@H](Cc1ccccc1)N(Cc1cncs1)C(=O)O)S(=O)(=O)c1ccc(CN=O)cc1. The molecule has 204 valence electrons. The van der Waals surface area contributed by atoms with Gasteiger partial charge in [-0.15, -0.1) is 11.3 Å². The third kappa shape index (κ3) is 7.90. The lowest BCUT2D eigenvalue weighted by Gasteiger charge is -2.35. The summed E-state index contributed by atoms with van der Waals surface area (Å²) in [4.78, 5) is 28.8. The second-order valence-electron chi connectivity index (χ2n) is 9.35. The molecule has 1 heterocycles. The minimum atomic E-state index is -4.03. The van der Waals surface area contributed by atoms with Crippen LogP contribution in [0, 0.1) is 10.8 Å². The number of aliphatic hydroxyl groups is 1. The van der Waals surface area contributed by atoms with Crippen molar-refractivity contribution >= 4 is 27.5 Å². The van der Waals surface area contributed by atoms with Gasteiger partial charge in [-0.25, -0.2) is 13.2 Å². The molecule has 0 radical (unpaired) electrons. The number of aliphatic hydroxyl groups excluding tert-OH is 1. The molecule has 0 aliphatic rings. The highest BCUT2D eigenvalue weighted by Crippen LogP contribution is 2.23. The molecular formula is C26H32N4O6S2. The van der Waals surface area contributed by atoms with Gasteiger partial charge in [-0.05, 0) is 35.6 Å². The second kappa shape index (κ2) is 13.6. The molecule has 0 spiro atoms. The maximum atomic E-state index is 13.6. The molecule has 1 amide bonds. The highest BCUT2D eigenvalue weighted by Gasteiger charge is 2.35. The third-order valence-electron chi connectivity index (χ3n) is 5.96. The van der Waals surface area contributed by atoms with Gasteiger partial charge in [-0.1, -0.05) is 61.5 Å². The van der Waals surface area contributed by atoms with Crippen molar-refractivity contribution in [2.75, 3.05) is 13.1 Å². The number of rotatable bonds is 14.